The molecule has 3 aliphatic carbocycles. The molecule has 290 valence electrons. The largest absolute Gasteiger partial charge is 0.480 e. The number of unbranched alkanes of at least 4 members (excludes halogenated alkanes) is 1. The summed E-state index contributed by atoms with van der Waals surface area (Å²) in [4.78, 5) is 35.4. The summed E-state index contributed by atoms with van der Waals surface area (Å²) in [7, 11) is 3.14. The van der Waals surface area contributed by atoms with Crippen molar-refractivity contribution >= 4 is 42.1 Å². The maximum Gasteiger partial charge on any atom is 0.248 e. The first kappa shape index (κ1) is 39.6. The number of amides is 1. The zero-order chi connectivity index (χ0) is 37.0. The van der Waals surface area contributed by atoms with E-state index < -0.39 is 5.91 Å². The van der Waals surface area contributed by atoms with Crippen molar-refractivity contribution in [1.82, 2.24) is 30.1 Å². The second kappa shape index (κ2) is 19.5. The Bertz CT molecular complexity index is 1470. The highest BCUT2D eigenvalue weighted by atomic mass is 32.2. The zero-order valence-corrected chi connectivity index (χ0v) is 33.1. The Morgan fingerprint density at radius 1 is 0.925 bits per heavy atom. The number of nitrogens with zero attached hydrogens (tertiary/aromatic N) is 6. The highest BCUT2D eigenvalue weighted by Crippen LogP contribution is 2.58. The molecule has 4 N–H and O–H groups in total. The molecule has 2 aromatic rings. The van der Waals surface area contributed by atoms with Gasteiger partial charge in [0.05, 0.1) is 14.2 Å². The van der Waals surface area contributed by atoms with Gasteiger partial charge in [0, 0.05) is 32.2 Å². The summed E-state index contributed by atoms with van der Waals surface area (Å²) in [6.07, 6.45) is 25.4. The lowest BCUT2D eigenvalue weighted by molar-refractivity contribution is -0.111. The van der Waals surface area contributed by atoms with Crippen molar-refractivity contribution in [3.8, 4) is 11.8 Å². The fourth-order valence-electron chi connectivity index (χ4n) is 9.78. The Labute approximate surface area is 321 Å². The molecule has 0 spiro atoms. The highest BCUT2D eigenvalue weighted by molar-refractivity contribution is 7.99. The third-order valence-electron chi connectivity index (χ3n) is 12.4. The van der Waals surface area contributed by atoms with Crippen LogP contribution >= 0.6 is 11.8 Å². The lowest BCUT2D eigenvalue weighted by Crippen LogP contribution is -2.53. The van der Waals surface area contributed by atoms with E-state index in [0.29, 0.717) is 39.9 Å². The van der Waals surface area contributed by atoms with Gasteiger partial charge in [-0.25, -0.2) is 9.97 Å². The summed E-state index contributed by atoms with van der Waals surface area (Å²) < 4.78 is 11.4. The molecule has 0 unspecified atom stereocenters. The van der Waals surface area contributed by atoms with E-state index >= 15 is 0 Å². The lowest BCUT2D eigenvalue weighted by atomic mass is 9.27. The molecule has 6 rings (SSSR count). The van der Waals surface area contributed by atoms with Gasteiger partial charge < -0.3 is 30.7 Å². The zero-order valence-electron chi connectivity index (χ0n) is 32.3. The topological polar surface area (TPSA) is 144 Å². The van der Waals surface area contributed by atoms with Crippen LogP contribution in [0.2, 0.25) is 11.1 Å². The van der Waals surface area contributed by atoms with Gasteiger partial charge in [0.1, 0.15) is 16.5 Å². The summed E-state index contributed by atoms with van der Waals surface area (Å²) in [5.74, 6) is 3.18. The molecule has 4 aliphatic rings. The highest BCUT2D eigenvalue weighted by Gasteiger charge is 2.50. The fourth-order valence-corrected chi connectivity index (χ4v) is 10.7. The van der Waals surface area contributed by atoms with E-state index in [0.717, 1.165) is 68.8 Å². The van der Waals surface area contributed by atoms with E-state index in [1.807, 2.05) is 0 Å². The number of ether oxygens (including phenoxy) is 2. The summed E-state index contributed by atoms with van der Waals surface area (Å²) in [6.45, 7) is 10.1. The number of nitrogens with two attached hydrogens (primary N) is 1. The first-order chi connectivity index (χ1) is 25.9. The minimum Gasteiger partial charge on any atom is -0.480 e. The van der Waals surface area contributed by atoms with Gasteiger partial charge in [0.15, 0.2) is 5.16 Å². The predicted octanol–water partition coefficient (Wildman–Crippen LogP) is 7.24. The third kappa shape index (κ3) is 10.2. The maximum absolute atomic E-state index is 11.8. The minimum absolute atomic E-state index is 0.206. The van der Waals surface area contributed by atoms with Crippen molar-refractivity contribution in [2.24, 2.45) is 5.92 Å². The van der Waals surface area contributed by atoms with Crippen LogP contribution in [0.25, 0.3) is 0 Å². The van der Waals surface area contributed by atoms with E-state index in [9.17, 15) is 4.79 Å². The van der Waals surface area contributed by atoms with Crippen LogP contribution in [0.1, 0.15) is 109 Å². The maximum atomic E-state index is 11.8. The monoisotopic (exact) mass is 747 g/mol. The normalized spacial score (nSPS) is 20.2. The minimum atomic E-state index is -0.394. The van der Waals surface area contributed by atoms with Gasteiger partial charge >= 0.3 is 0 Å². The van der Waals surface area contributed by atoms with Gasteiger partial charge in [-0.2, -0.15) is 9.97 Å². The summed E-state index contributed by atoms with van der Waals surface area (Å²) in [6, 6.07) is 1.48. The molecule has 53 heavy (non-hydrogen) atoms. The van der Waals surface area contributed by atoms with Crippen LogP contribution in [0.3, 0.4) is 0 Å². The molecule has 0 atom stereocenters. The first-order valence-electron chi connectivity index (χ1n) is 20.4. The van der Waals surface area contributed by atoms with Crippen molar-refractivity contribution in [3.05, 3.63) is 18.7 Å². The van der Waals surface area contributed by atoms with Gasteiger partial charge in [0.2, 0.25) is 30.5 Å². The molecule has 0 aromatic carbocycles. The van der Waals surface area contributed by atoms with Crippen LogP contribution in [0.5, 0.6) is 11.8 Å². The molecular weight excluding hydrogens is 685 g/mol. The van der Waals surface area contributed by atoms with Gasteiger partial charge in [-0.1, -0.05) is 103 Å². The quantitative estimate of drug-likeness (QED) is 0.0689. The number of hydrogen-bond acceptors (Lipinski definition) is 12. The molecule has 4 fully saturated rings. The summed E-state index contributed by atoms with van der Waals surface area (Å²) in [5.41, 5.74) is 6.00. The third-order valence-corrected chi connectivity index (χ3v) is 13.3. The second-order valence-electron chi connectivity index (χ2n) is 15.6. The van der Waals surface area contributed by atoms with E-state index in [1.165, 1.54) is 115 Å². The number of aromatic nitrogens is 4. The number of nitrogen functional groups attached to an aromatic ring is 1. The Kier molecular flexibility index (Phi) is 14.6. The van der Waals surface area contributed by atoms with Crippen LogP contribution < -0.4 is 30.7 Å². The molecule has 1 aliphatic heterocycles. The molecule has 12 nitrogen and oxygen atoms in total. The molecule has 3 heterocycles. The molecule has 1 saturated heterocycles. The van der Waals surface area contributed by atoms with Crippen molar-refractivity contribution < 1.29 is 14.3 Å². The number of methoxy groups -OCH3 is 2. The molecule has 0 bridgehead atoms. The number of nitrogens with one attached hydrogen (secondary N) is 2. The van der Waals surface area contributed by atoms with E-state index in [-0.39, 0.29) is 11.6 Å². The summed E-state index contributed by atoms with van der Waals surface area (Å²) >= 11 is 1.16. The number of carbonyl (C=O) groups excluding carboxylic acids is 1. The number of anilines is 3. The van der Waals surface area contributed by atoms with Crippen molar-refractivity contribution in [2.45, 2.75) is 130 Å². The predicted molar refractivity (Wildman–Crippen MR) is 215 cm³/mol. The molecular formula is C39H62BN9O3S. The molecule has 3 saturated carbocycles. The number of piperazine rings is 1. The van der Waals surface area contributed by atoms with E-state index in [1.54, 1.807) is 14.2 Å². The van der Waals surface area contributed by atoms with Crippen molar-refractivity contribution in [3.63, 3.8) is 0 Å². The van der Waals surface area contributed by atoms with Crippen molar-refractivity contribution in [2.75, 3.05) is 69.4 Å². The first-order valence-corrected chi connectivity index (χ1v) is 21.2. The van der Waals surface area contributed by atoms with E-state index in [4.69, 9.17) is 25.2 Å². The Morgan fingerprint density at radius 2 is 1.57 bits per heavy atom. The standard InChI is InChI=1S/C39H62BN9O3S/c1-4-33(50)44-32-28-31(41)43-38(45-32)53-34-35(51-2)46-37(47-36(34)52-3)49-26-24-48(25-27-49)23-15-14-22-42-40(30-18-10-6-11-19-30)39(20-12-7-13-21-39)29-16-8-5-9-17-29/h4,28-30,42H,1,5-27H2,2-3H3,(H3,41,43,44,45,50). The molecule has 14 heteroatoms. The van der Waals surface area contributed by atoms with Crippen LogP contribution in [0.4, 0.5) is 17.6 Å². The average Bonchev–Trinajstić information content (AvgIpc) is 3.20. The van der Waals surface area contributed by atoms with Gasteiger partial charge in [-0.15, -0.1) is 0 Å². The smallest absolute Gasteiger partial charge is 0.248 e. The SMILES string of the molecule is C=CC(=O)Nc1cc(N)nc(Sc2c(OC)nc(N3CCN(CCCCNB(C4CCCCC4)C4(C5CCCCC5)CCCCC4)CC3)nc2OC)n1. The van der Waals surface area contributed by atoms with Gasteiger partial charge in [-0.05, 0) is 60.8 Å². The van der Waals surface area contributed by atoms with Crippen LogP contribution in [-0.4, -0.2) is 91.1 Å². The Balaban J connectivity index is 1.02. The van der Waals surface area contributed by atoms with Gasteiger partial charge in [-0.3, -0.25) is 9.69 Å². The Morgan fingerprint density at radius 3 is 2.21 bits per heavy atom. The molecule has 2 aromatic heterocycles. The average molecular weight is 748 g/mol. The van der Waals surface area contributed by atoms with Crippen LogP contribution in [0, 0.1) is 5.92 Å². The van der Waals surface area contributed by atoms with E-state index in [2.05, 4.69) is 36.9 Å². The number of hydrogen-bond donors (Lipinski definition) is 3. The van der Waals surface area contributed by atoms with Crippen molar-refractivity contribution in [1.29, 1.82) is 0 Å². The number of rotatable bonds is 16. The molecule has 0 radical (unpaired) electrons. The van der Waals surface area contributed by atoms with Gasteiger partial charge in [0.25, 0.3) is 0 Å². The van der Waals surface area contributed by atoms with Crippen LogP contribution in [0.15, 0.2) is 28.8 Å². The molecule has 1 amide bonds. The lowest BCUT2D eigenvalue weighted by Gasteiger charge is -2.52. The summed E-state index contributed by atoms with van der Waals surface area (Å²) in [5, 5.41) is 7.78. The second-order valence-corrected chi connectivity index (χ2v) is 16.6. The van der Waals surface area contributed by atoms with Crippen LogP contribution in [-0.2, 0) is 4.79 Å². The fraction of sp³-hybridized carbons (Fsp3) is 0.718. The Hall–Kier alpha value is -3.10. The number of carbonyl (C=O) groups is 1.